The molecule has 35 heavy (non-hydrogen) atoms. The lowest BCUT2D eigenvalue weighted by atomic mass is 9.90. The van der Waals surface area contributed by atoms with Gasteiger partial charge in [-0.15, -0.1) is 0 Å². The molecule has 8 nitrogen and oxygen atoms in total. The lowest BCUT2D eigenvalue weighted by molar-refractivity contribution is -0.141. The largest absolute Gasteiger partial charge is 0.467 e. The highest BCUT2D eigenvalue weighted by molar-refractivity contribution is 8.16. The number of hydrogen-bond acceptors (Lipinski definition) is 8. The molecule has 1 N–H and O–H groups in total. The van der Waals surface area contributed by atoms with Crippen LogP contribution in [0.3, 0.4) is 0 Å². The number of aliphatic imine (C=N–C) groups is 1. The maximum absolute atomic E-state index is 13.3. The Morgan fingerprint density at radius 3 is 2.77 bits per heavy atom. The maximum Gasteiger partial charge on any atom is 0.338 e. The lowest BCUT2D eigenvalue weighted by Gasteiger charge is -2.37. The minimum Gasteiger partial charge on any atom is -0.467 e. The first-order chi connectivity index (χ1) is 16.9. The summed E-state index contributed by atoms with van der Waals surface area (Å²) in [6.45, 7) is 6.63. The molecule has 0 radical (unpaired) electrons. The molecule has 2 aliphatic rings. The molecule has 1 amide bonds. The van der Waals surface area contributed by atoms with Gasteiger partial charge in [-0.1, -0.05) is 35.5 Å². The van der Waals surface area contributed by atoms with Crippen LogP contribution in [-0.2, 0) is 25.6 Å². The number of nitrogens with zero attached hydrogens (tertiary/aromatic N) is 2. The third-order valence-electron chi connectivity index (χ3n) is 5.85. The van der Waals surface area contributed by atoms with Crippen LogP contribution in [0.4, 0.5) is 0 Å². The van der Waals surface area contributed by atoms with E-state index >= 15 is 0 Å². The SMILES string of the molecule is COCCOC(=O)C1=C(C)N=C2SC=C(CC(=O)NCc3ccco3)N2[C@@H]1c1cc(C)ccc1C. The number of furan rings is 1. The first kappa shape index (κ1) is 24.8. The number of ether oxygens (including phenoxy) is 2. The zero-order chi connectivity index (χ0) is 24.9. The van der Waals surface area contributed by atoms with Gasteiger partial charge >= 0.3 is 5.97 Å². The summed E-state index contributed by atoms with van der Waals surface area (Å²) in [5, 5.41) is 5.55. The summed E-state index contributed by atoms with van der Waals surface area (Å²) < 4.78 is 15.9. The molecule has 4 rings (SSSR count). The smallest absolute Gasteiger partial charge is 0.338 e. The van der Waals surface area contributed by atoms with E-state index in [2.05, 4.69) is 11.4 Å². The number of aryl methyl sites for hydroxylation is 2. The fraction of sp³-hybridized carbons (Fsp3) is 0.346. The summed E-state index contributed by atoms with van der Waals surface area (Å²) in [7, 11) is 1.56. The van der Waals surface area contributed by atoms with Crippen molar-refractivity contribution in [2.75, 3.05) is 20.3 Å². The van der Waals surface area contributed by atoms with Gasteiger partial charge in [-0.3, -0.25) is 4.79 Å². The number of methoxy groups -OCH3 is 1. The van der Waals surface area contributed by atoms with Crippen LogP contribution in [0, 0.1) is 13.8 Å². The number of carbonyl (C=O) groups is 2. The third-order valence-corrected chi connectivity index (χ3v) is 6.74. The highest BCUT2D eigenvalue weighted by atomic mass is 32.2. The fourth-order valence-electron chi connectivity index (χ4n) is 4.10. The lowest BCUT2D eigenvalue weighted by Crippen LogP contribution is -2.38. The maximum atomic E-state index is 13.3. The van der Waals surface area contributed by atoms with E-state index in [1.54, 1.807) is 19.4 Å². The molecule has 0 saturated heterocycles. The summed E-state index contributed by atoms with van der Waals surface area (Å²) in [4.78, 5) is 32.8. The van der Waals surface area contributed by atoms with Gasteiger partial charge in [0.05, 0.1) is 43.1 Å². The van der Waals surface area contributed by atoms with Crippen LogP contribution in [0.1, 0.15) is 41.8 Å². The number of carbonyl (C=O) groups excluding carboxylic acids is 2. The molecule has 0 aliphatic carbocycles. The van der Waals surface area contributed by atoms with Crippen LogP contribution in [0.15, 0.2) is 68.4 Å². The van der Waals surface area contributed by atoms with Gasteiger partial charge in [0.1, 0.15) is 12.4 Å². The number of fused-ring (bicyclic) bond motifs is 1. The van der Waals surface area contributed by atoms with Gasteiger partial charge in [0.25, 0.3) is 0 Å². The molecule has 9 heteroatoms. The summed E-state index contributed by atoms with van der Waals surface area (Å²) in [6.07, 6.45) is 1.71. The number of nitrogens with one attached hydrogen (secondary N) is 1. The third kappa shape index (κ3) is 5.52. The number of esters is 1. The Morgan fingerprint density at radius 1 is 1.20 bits per heavy atom. The van der Waals surface area contributed by atoms with E-state index in [4.69, 9.17) is 18.9 Å². The number of amides is 1. The molecular formula is C26H29N3O5S. The minimum absolute atomic E-state index is 0.138. The Labute approximate surface area is 209 Å². The van der Waals surface area contributed by atoms with Gasteiger partial charge < -0.3 is 24.1 Å². The monoisotopic (exact) mass is 495 g/mol. The second kappa shape index (κ2) is 11.0. The van der Waals surface area contributed by atoms with Crippen molar-refractivity contribution in [3.8, 4) is 0 Å². The zero-order valence-corrected chi connectivity index (χ0v) is 21.1. The Kier molecular flexibility index (Phi) is 7.77. The number of rotatable bonds is 9. The van der Waals surface area contributed by atoms with Crippen molar-refractivity contribution < 1.29 is 23.5 Å². The van der Waals surface area contributed by atoms with Crippen LogP contribution in [0.25, 0.3) is 0 Å². The molecule has 1 aromatic heterocycles. The van der Waals surface area contributed by atoms with Crippen LogP contribution < -0.4 is 5.32 Å². The molecule has 184 valence electrons. The molecule has 0 spiro atoms. The van der Waals surface area contributed by atoms with E-state index in [0.717, 1.165) is 27.6 Å². The summed E-state index contributed by atoms with van der Waals surface area (Å²) >= 11 is 1.45. The molecule has 1 atom stereocenters. The van der Waals surface area contributed by atoms with Crippen molar-refractivity contribution in [3.63, 3.8) is 0 Å². The Morgan fingerprint density at radius 2 is 2.03 bits per heavy atom. The van der Waals surface area contributed by atoms with Gasteiger partial charge in [-0.2, -0.15) is 0 Å². The Balaban J connectivity index is 1.65. The van der Waals surface area contributed by atoms with Crippen LogP contribution >= 0.6 is 11.8 Å². The predicted molar refractivity (Wildman–Crippen MR) is 134 cm³/mol. The number of thioether (sulfide) groups is 1. The minimum atomic E-state index is -0.462. The first-order valence-electron chi connectivity index (χ1n) is 11.4. The molecule has 0 bridgehead atoms. The normalized spacial score (nSPS) is 17.1. The fourth-order valence-corrected chi connectivity index (χ4v) is 5.07. The predicted octanol–water partition coefficient (Wildman–Crippen LogP) is 4.37. The average Bonchev–Trinajstić information content (AvgIpc) is 3.49. The molecule has 0 fully saturated rings. The zero-order valence-electron chi connectivity index (χ0n) is 20.3. The van der Waals surface area contributed by atoms with Crippen LogP contribution in [-0.4, -0.2) is 42.3 Å². The van der Waals surface area contributed by atoms with Gasteiger partial charge in [0.2, 0.25) is 5.91 Å². The van der Waals surface area contributed by atoms with E-state index in [0.29, 0.717) is 30.2 Å². The molecular weight excluding hydrogens is 466 g/mol. The number of amidine groups is 1. The first-order valence-corrected chi connectivity index (χ1v) is 12.2. The van der Waals surface area contributed by atoms with Crippen LogP contribution in [0.5, 0.6) is 0 Å². The number of benzene rings is 1. The second-order valence-electron chi connectivity index (χ2n) is 8.41. The van der Waals surface area contributed by atoms with Crippen molar-refractivity contribution in [2.24, 2.45) is 4.99 Å². The summed E-state index contributed by atoms with van der Waals surface area (Å²) in [5.74, 6) is 0.0951. The molecule has 0 saturated carbocycles. The van der Waals surface area contributed by atoms with Gasteiger partial charge in [0.15, 0.2) is 5.17 Å². The highest BCUT2D eigenvalue weighted by Gasteiger charge is 2.41. The van der Waals surface area contributed by atoms with Crippen molar-refractivity contribution in [2.45, 2.75) is 39.8 Å². The van der Waals surface area contributed by atoms with E-state index in [-0.39, 0.29) is 18.9 Å². The topological polar surface area (TPSA) is 93.4 Å². The summed E-state index contributed by atoms with van der Waals surface area (Å²) in [5.41, 5.74) is 4.92. The van der Waals surface area contributed by atoms with Crippen molar-refractivity contribution in [3.05, 3.63) is 81.4 Å². The Bertz CT molecular complexity index is 1200. The molecule has 2 aliphatic heterocycles. The summed E-state index contributed by atoms with van der Waals surface area (Å²) in [6, 6.07) is 9.30. The molecule has 0 unspecified atom stereocenters. The van der Waals surface area contributed by atoms with E-state index in [1.807, 2.05) is 49.3 Å². The van der Waals surface area contributed by atoms with Crippen molar-refractivity contribution in [1.82, 2.24) is 10.2 Å². The molecule has 3 heterocycles. The van der Waals surface area contributed by atoms with Gasteiger partial charge in [-0.25, -0.2) is 9.79 Å². The standard InChI is InChI=1S/C26H29N3O5S/c1-16-7-8-17(2)21(12-16)24-23(25(31)34-11-10-32-4)18(3)28-26-29(24)19(15-35-26)13-22(30)27-14-20-6-5-9-33-20/h5-9,12,15,24H,10-11,13-14H2,1-4H3,(H,27,30)/t24-/m1/s1. The quantitative estimate of drug-likeness (QED) is 0.408. The van der Waals surface area contributed by atoms with Crippen molar-refractivity contribution >= 4 is 28.8 Å². The molecule has 2 aromatic rings. The van der Waals surface area contributed by atoms with Gasteiger partial charge in [0, 0.05) is 12.8 Å². The van der Waals surface area contributed by atoms with E-state index in [9.17, 15) is 9.59 Å². The van der Waals surface area contributed by atoms with Gasteiger partial charge in [-0.05, 0) is 49.4 Å². The van der Waals surface area contributed by atoms with Crippen LogP contribution in [0.2, 0.25) is 0 Å². The highest BCUT2D eigenvalue weighted by Crippen LogP contribution is 2.45. The van der Waals surface area contributed by atoms with E-state index in [1.165, 1.54) is 11.8 Å². The van der Waals surface area contributed by atoms with Crippen molar-refractivity contribution in [1.29, 1.82) is 0 Å². The number of hydrogen-bond donors (Lipinski definition) is 1. The molecule has 1 aromatic carbocycles. The second-order valence-corrected chi connectivity index (χ2v) is 9.25. The number of allylic oxidation sites excluding steroid dienone is 1. The average molecular weight is 496 g/mol. The van der Waals surface area contributed by atoms with E-state index < -0.39 is 12.0 Å². The Hall–Kier alpha value is -3.30.